The Balaban J connectivity index is 2.50. The first kappa shape index (κ1) is 12.4. The van der Waals surface area contributed by atoms with Crippen LogP contribution in [0.5, 0.6) is 0 Å². The van der Waals surface area contributed by atoms with Crippen molar-refractivity contribution in [3.63, 3.8) is 0 Å². The van der Waals surface area contributed by atoms with E-state index in [1.807, 2.05) is 0 Å². The fourth-order valence-electron chi connectivity index (χ4n) is 0.927. The minimum absolute atomic E-state index is 0.0426. The molecule has 0 saturated carbocycles. The third kappa shape index (κ3) is 3.18. The highest BCUT2D eigenvalue weighted by Crippen LogP contribution is 2.54. The van der Waals surface area contributed by atoms with Gasteiger partial charge in [0.05, 0.1) is 23.2 Å². The Morgan fingerprint density at radius 2 is 2.00 bits per heavy atom. The molecule has 0 aromatic heterocycles. The Labute approximate surface area is 83.5 Å². The van der Waals surface area contributed by atoms with Crippen molar-refractivity contribution in [2.45, 2.75) is 6.10 Å². The van der Waals surface area contributed by atoms with Crippen molar-refractivity contribution in [2.75, 3.05) is 26.6 Å². The Bertz CT molecular complexity index is 236. The third-order valence-electron chi connectivity index (χ3n) is 1.57. The second-order valence-electron chi connectivity index (χ2n) is 2.60. The summed E-state index contributed by atoms with van der Waals surface area (Å²) >= 11 is 0. The summed E-state index contributed by atoms with van der Waals surface area (Å²) in [5.41, 5.74) is 0. The number of phosphoric ester groups is 1. The molecule has 7 nitrogen and oxygen atoms in total. The zero-order valence-corrected chi connectivity index (χ0v) is 9.49. The molecule has 0 spiro atoms. The predicted octanol–water partition coefficient (Wildman–Crippen LogP) is 1.47. The highest BCUT2D eigenvalue weighted by molar-refractivity contribution is 8.20. The molecular formula is C5H13O7PS. The van der Waals surface area contributed by atoms with Gasteiger partial charge in [0.2, 0.25) is 0 Å². The number of phosphoric acid groups is 1. The van der Waals surface area contributed by atoms with Crippen molar-refractivity contribution in [2.24, 2.45) is 0 Å². The summed E-state index contributed by atoms with van der Waals surface area (Å²) in [4.78, 5) is 0. The minimum atomic E-state index is -3.58. The van der Waals surface area contributed by atoms with Gasteiger partial charge in [-0.3, -0.25) is 17.8 Å². The molecule has 1 fully saturated rings. The second-order valence-corrected chi connectivity index (χ2v) is 6.22. The highest BCUT2D eigenvalue weighted by atomic mass is 32.3. The molecule has 0 aromatic carbocycles. The van der Waals surface area contributed by atoms with Crippen molar-refractivity contribution in [3.05, 3.63) is 0 Å². The molecule has 0 amide bonds. The summed E-state index contributed by atoms with van der Waals surface area (Å²) in [5.74, 6) is -0.121. The van der Waals surface area contributed by atoms with Crippen LogP contribution in [0.4, 0.5) is 0 Å². The van der Waals surface area contributed by atoms with Crippen LogP contribution in [0.1, 0.15) is 0 Å². The maximum absolute atomic E-state index is 11.4. The fourth-order valence-corrected chi connectivity index (χ4v) is 2.96. The van der Waals surface area contributed by atoms with E-state index in [4.69, 9.17) is 13.6 Å². The number of hydrogen-bond donors (Lipinski definition) is 2. The lowest BCUT2D eigenvalue weighted by atomic mass is 10.5. The van der Waals surface area contributed by atoms with Crippen LogP contribution in [0.25, 0.3) is 0 Å². The van der Waals surface area contributed by atoms with Crippen molar-refractivity contribution < 1.29 is 31.4 Å². The maximum Gasteiger partial charge on any atom is 0.474 e. The van der Waals surface area contributed by atoms with Gasteiger partial charge in [0.15, 0.2) is 0 Å². The average Bonchev–Trinajstić information content (AvgIpc) is 2.45. The third-order valence-corrected chi connectivity index (χ3v) is 4.34. The molecule has 86 valence electrons. The summed E-state index contributed by atoms with van der Waals surface area (Å²) in [7, 11) is -4.26. The average molecular weight is 248 g/mol. The van der Waals surface area contributed by atoms with Gasteiger partial charge in [0.1, 0.15) is 6.10 Å². The van der Waals surface area contributed by atoms with Crippen molar-refractivity contribution >= 4 is 18.7 Å². The lowest BCUT2D eigenvalue weighted by molar-refractivity contribution is 0.0995. The lowest BCUT2D eigenvalue weighted by Gasteiger charge is -2.19. The molecule has 1 heterocycles. The first-order chi connectivity index (χ1) is 6.41. The Morgan fingerprint density at radius 1 is 1.43 bits per heavy atom. The van der Waals surface area contributed by atoms with Gasteiger partial charge in [-0.25, -0.2) is 4.57 Å². The largest absolute Gasteiger partial charge is 0.474 e. The van der Waals surface area contributed by atoms with Gasteiger partial charge in [-0.1, -0.05) is 0 Å². The zero-order chi connectivity index (χ0) is 10.8. The van der Waals surface area contributed by atoms with E-state index in [2.05, 4.69) is 13.2 Å². The quantitative estimate of drug-likeness (QED) is 0.727. The first-order valence-corrected chi connectivity index (χ1v) is 6.81. The van der Waals surface area contributed by atoms with Crippen molar-refractivity contribution in [1.82, 2.24) is 0 Å². The van der Waals surface area contributed by atoms with E-state index in [0.29, 0.717) is 0 Å². The molecule has 1 aliphatic heterocycles. The van der Waals surface area contributed by atoms with Gasteiger partial charge in [0.25, 0.3) is 0 Å². The van der Waals surface area contributed by atoms with E-state index in [1.54, 1.807) is 0 Å². The number of rotatable bonds is 4. The van der Waals surface area contributed by atoms with Gasteiger partial charge in [0, 0.05) is 14.2 Å². The topological polar surface area (TPSA) is 94.5 Å². The molecule has 1 atom stereocenters. The minimum Gasteiger partial charge on any atom is -0.308 e. The molecule has 1 saturated heterocycles. The Morgan fingerprint density at radius 3 is 2.36 bits per heavy atom. The van der Waals surface area contributed by atoms with Crippen molar-refractivity contribution in [1.29, 1.82) is 0 Å². The normalized spacial score (nSPS) is 29.0. The van der Waals surface area contributed by atoms with Crippen LogP contribution < -0.4 is 0 Å². The van der Waals surface area contributed by atoms with Crippen LogP contribution in [0.15, 0.2) is 0 Å². The van der Waals surface area contributed by atoms with Gasteiger partial charge < -0.3 is 9.11 Å². The molecule has 0 radical (unpaired) electrons. The first-order valence-electron chi connectivity index (χ1n) is 3.71. The van der Waals surface area contributed by atoms with E-state index >= 15 is 0 Å². The number of hydrogen-bond acceptors (Lipinski definition) is 7. The van der Waals surface area contributed by atoms with Crippen LogP contribution in [-0.4, -0.2) is 41.8 Å². The monoisotopic (exact) mass is 248 g/mol. The van der Waals surface area contributed by atoms with Gasteiger partial charge in [-0.15, -0.1) is 0 Å². The maximum atomic E-state index is 11.4. The summed E-state index contributed by atoms with van der Waals surface area (Å²) in [6, 6.07) is 0. The van der Waals surface area contributed by atoms with Gasteiger partial charge in [-0.2, -0.15) is 0 Å². The molecule has 1 rings (SSSR count). The second kappa shape index (κ2) is 4.46. The molecular weight excluding hydrogens is 235 g/mol. The van der Waals surface area contributed by atoms with Crippen LogP contribution >= 0.6 is 18.7 Å². The fraction of sp³-hybridized carbons (Fsp3) is 1.00. The molecule has 1 aliphatic rings. The summed E-state index contributed by atoms with van der Waals surface area (Å²) in [5, 5.41) is 0. The summed E-state index contributed by atoms with van der Waals surface area (Å²) < 4.78 is 48.2. The van der Waals surface area contributed by atoms with E-state index in [-0.39, 0.29) is 12.4 Å². The molecule has 0 aromatic rings. The van der Waals surface area contributed by atoms with E-state index < -0.39 is 24.8 Å². The molecule has 1 unspecified atom stereocenters. The smallest absolute Gasteiger partial charge is 0.308 e. The van der Waals surface area contributed by atoms with E-state index in [0.717, 1.165) is 0 Å². The molecule has 9 heteroatoms. The molecule has 14 heavy (non-hydrogen) atoms. The van der Waals surface area contributed by atoms with Crippen molar-refractivity contribution in [3.8, 4) is 0 Å². The standard InChI is InChI=1S/C5H13O7PS/c1-9-13(6,10-2)12-5-3-11-14(7,8)4-5/h5,7-8H,3-4H2,1-2H3. The Hall–Kier alpha value is 0.340. The van der Waals surface area contributed by atoms with Gasteiger partial charge >= 0.3 is 7.82 Å². The van der Waals surface area contributed by atoms with Crippen LogP contribution in [0.2, 0.25) is 0 Å². The lowest BCUT2D eigenvalue weighted by Crippen LogP contribution is -2.16. The SMILES string of the molecule is COP(=O)(OC)OC1COS(O)(O)C1. The molecule has 0 aliphatic carbocycles. The van der Waals surface area contributed by atoms with Gasteiger partial charge in [-0.05, 0) is 0 Å². The van der Waals surface area contributed by atoms with Crippen LogP contribution in [-0.2, 0) is 22.3 Å². The Kier molecular flexibility index (Phi) is 3.95. The summed E-state index contributed by atoms with van der Waals surface area (Å²) in [6.45, 7) is -0.0426. The molecule has 2 N–H and O–H groups in total. The summed E-state index contributed by atoms with van der Waals surface area (Å²) in [6.07, 6.45) is -0.689. The predicted molar refractivity (Wildman–Crippen MR) is 50.2 cm³/mol. The van der Waals surface area contributed by atoms with Crippen LogP contribution in [0, 0.1) is 0 Å². The van der Waals surface area contributed by atoms with Crippen LogP contribution in [0.3, 0.4) is 0 Å². The molecule has 0 bridgehead atoms. The van der Waals surface area contributed by atoms with E-state index in [1.165, 1.54) is 14.2 Å². The highest BCUT2D eigenvalue weighted by Gasteiger charge is 2.38. The van der Waals surface area contributed by atoms with E-state index in [9.17, 15) is 4.57 Å². The zero-order valence-electron chi connectivity index (χ0n) is 7.78.